The van der Waals surface area contributed by atoms with Gasteiger partial charge in [0.05, 0.1) is 23.2 Å². The normalized spacial score (nSPS) is 15.1. The second kappa shape index (κ2) is 8.31. The highest BCUT2D eigenvalue weighted by Crippen LogP contribution is 2.32. The molecule has 0 atom stereocenters. The lowest BCUT2D eigenvalue weighted by molar-refractivity contribution is -0.138. The molecule has 5 nitrogen and oxygen atoms in total. The monoisotopic (exact) mass is 399 g/mol. The van der Waals surface area contributed by atoms with Crippen molar-refractivity contribution < 1.29 is 19.1 Å². The Bertz CT molecular complexity index is 738. The highest BCUT2D eigenvalue weighted by Gasteiger charge is 2.30. The predicted molar refractivity (Wildman–Crippen MR) is 102 cm³/mol. The van der Waals surface area contributed by atoms with E-state index in [9.17, 15) is 9.59 Å². The van der Waals surface area contributed by atoms with Gasteiger partial charge in [-0.05, 0) is 57.4 Å². The third-order valence-corrected chi connectivity index (χ3v) is 4.53. The van der Waals surface area contributed by atoms with Crippen LogP contribution < -0.4 is 0 Å². The van der Waals surface area contributed by atoms with Crippen molar-refractivity contribution in [1.29, 1.82) is 0 Å². The lowest BCUT2D eigenvalue weighted by Crippen LogP contribution is -2.41. The summed E-state index contributed by atoms with van der Waals surface area (Å²) in [4.78, 5) is 26.4. The second-order valence-corrected chi connectivity index (χ2v) is 7.77. The van der Waals surface area contributed by atoms with E-state index in [2.05, 4.69) is 0 Å². The highest BCUT2D eigenvalue weighted by molar-refractivity contribution is 6.42. The van der Waals surface area contributed by atoms with Gasteiger partial charge in [-0.1, -0.05) is 29.3 Å². The van der Waals surface area contributed by atoms with Crippen molar-refractivity contribution >= 4 is 40.8 Å². The maximum Gasteiger partial charge on any atom is 0.410 e. The molecule has 0 aliphatic carbocycles. The first-order chi connectivity index (χ1) is 12.1. The van der Waals surface area contributed by atoms with E-state index in [1.54, 1.807) is 30.0 Å². The molecule has 7 heteroatoms. The van der Waals surface area contributed by atoms with Crippen LogP contribution in [-0.2, 0) is 14.3 Å². The summed E-state index contributed by atoms with van der Waals surface area (Å²) < 4.78 is 10.6. The van der Waals surface area contributed by atoms with Crippen molar-refractivity contribution in [2.24, 2.45) is 0 Å². The van der Waals surface area contributed by atoms with E-state index >= 15 is 0 Å². The van der Waals surface area contributed by atoms with Crippen LogP contribution in [0.15, 0.2) is 23.8 Å². The Hall–Kier alpha value is -1.72. The number of carbonyl (C=O) groups is 2. The molecule has 0 saturated heterocycles. The molecule has 1 aromatic rings. The number of hydrogen-bond acceptors (Lipinski definition) is 4. The summed E-state index contributed by atoms with van der Waals surface area (Å²) in [7, 11) is 0. The minimum atomic E-state index is -0.591. The highest BCUT2D eigenvalue weighted by atomic mass is 35.5. The molecule has 0 aromatic heterocycles. The van der Waals surface area contributed by atoms with Crippen molar-refractivity contribution in [3.05, 3.63) is 39.4 Å². The number of rotatable bonds is 3. The molecule has 1 aromatic carbocycles. The topological polar surface area (TPSA) is 55.8 Å². The summed E-state index contributed by atoms with van der Waals surface area (Å²) in [6.07, 6.45) is -0.0360. The fraction of sp³-hybridized carbons (Fsp3) is 0.474. The van der Waals surface area contributed by atoms with E-state index in [0.29, 0.717) is 34.2 Å². The van der Waals surface area contributed by atoms with Gasteiger partial charge in [-0.15, -0.1) is 0 Å². The van der Waals surface area contributed by atoms with Crippen molar-refractivity contribution in [3.63, 3.8) is 0 Å². The van der Waals surface area contributed by atoms with Gasteiger partial charge in [-0.25, -0.2) is 9.59 Å². The van der Waals surface area contributed by atoms with Crippen LogP contribution in [0.4, 0.5) is 4.79 Å². The molecule has 1 amide bonds. The van der Waals surface area contributed by atoms with Crippen molar-refractivity contribution in [1.82, 2.24) is 4.90 Å². The van der Waals surface area contributed by atoms with E-state index in [1.807, 2.05) is 20.8 Å². The van der Waals surface area contributed by atoms with Gasteiger partial charge < -0.3 is 14.4 Å². The van der Waals surface area contributed by atoms with Gasteiger partial charge in [0.1, 0.15) is 5.60 Å². The van der Waals surface area contributed by atoms with Crippen LogP contribution in [0.25, 0.3) is 5.57 Å². The van der Waals surface area contributed by atoms with E-state index in [4.69, 9.17) is 32.7 Å². The molecule has 1 heterocycles. The van der Waals surface area contributed by atoms with E-state index < -0.39 is 11.7 Å². The third kappa shape index (κ3) is 5.15. The van der Waals surface area contributed by atoms with Crippen molar-refractivity contribution in [2.45, 2.75) is 39.7 Å². The summed E-state index contributed by atoms with van der Waals surface area (Å²) >= 11 is 12.1. The zero-order valence-electron chi connectivity index (χ0n) is 15.4. The lowest BCUT2D eigenvalue weighted by atomic mass is 9.94. The quantitative estimate of drug-likeness (QED) is 0.674. The first-order valence-electron chi connectivity index (χ1n) is 8.45. The summed E-state index contributed by atoms with van der Waals surface area (Å²) in [5, 5.41) is 0.808. The first-order valence-corrected chi connectivity index (χ1v) is 9.20. The minimum Gasteiger partial charge on any atom is -0.463 e. The SMILES string of the molecule is CCOC(=O)C1=C(c2ccc(Cl)c(Cl)c2)CN(C(=O)OC(C)(C)C)CC1. The molecular formula is C19H23Cl2NO4. The van der Waals surface area contributed by atoms with E-state index in [1.165, 1.54) is 0 Å². The number of esters is 1. The summed E-state index contributed by atoms with van der Waals surface area (Å²) in [5.41, 5.74) is 1.38. The number of benzene rings is 1. The smallest absolute Gasteiger partial charge is 0.410 e. The number of carbonyl (C=O) groups excluding carboxylic acids is 2. The van der Waals surface area contributed by atoms with Gasteiger partial charge >= 0.3 is 12.1 Å². The Kier molecular flexibility index (Phi) is 6.58. The number of ether oxygens (including phenoxy) is 2. The van der Waals surface area contributed by atoms with Crippen LogP contribution >= 0.6 is 23.2 Å². The van der Waals surface area contributed by atoms with Gasteiger partial charge in [0, 0.05) is 12.1 Å². The van der Waals surface area contributed by atoms with Crippen molar-refractivity contribution in [3.8, 4) is 0 Å². The molecule has 142 valence electrons. The van der Waals surface area contributed by atoms with Crippen LogP contribution in [-0.4, -0.2) is 42.3 Å². The zero-order chi connectivity index (χ0) is 19.5. The molecular weight excluding hydrogens is 377 g/mol. The van der Waals surface area contributed by atoms with E-state index in [0.717, 1.165) is 5.56 Å². The van der Waals surface area contributed by atoms with Gasteiger partial charge in [-0.3, -0.25) is 0 Å². The summed E-state index contributed by atoms with van der Waals surface area (Å²) in [6.45, 7) is 8.10. The van der Waals surface area contributed by atoms with Crippen LogP contribution in [0.1, 0.15) is 39.7 Å². The summed E-state index contributed by atoms with van der Waals surface area (Å²) in [6, 6.07) is 5.14. The Balaban J connectivity index is 2.38. The standard InChI is InChI=1S/C19H23Cl2NO4/c1-5-25-17(23)13-8-9-22(18(24)26-19(2,3)4)11-14(13)12-6-7-15(20)16(21)10-12/h6-7,10H,5,8-9,11H2,1-4H3. The van der Waals surface area contributed by atoms with Crippen molar-refractivity contribution in [2.75, 3.05) is 19.7 Å². The molecule has 0 spiro atoms. The first kappa shape index (κ1) is 20.6. The van der Waals surface area contributed by atoms with Crippen LogP contribution in [0.2, 0.25) is 10.0 Å². The predicted octanol–water partition coefficient (Wildman–Crippen LogP) is 4.95. The molecule has 0 unspecified atom stereocenters. The Labute approximate surface area is 163 Å². The molecule has 0 saturated carbocycles. The third-order valence-electron chi connectivity index (χ3n) is 3.79. The molecule has 0 N–H and O–H groups in total. The van der Waals surface area contributed by atoms with Gasteiger partial charge in [0.25, 0.3) is 0 Å². The maximum absolute atomic E-state index is 12.4. The fourth-order valence-electron chi connectivity index (χ4n) is 2.64. The van der Waals surface area contributed by atoms with Crippen LogP contribution in [0.5, 0.6) is 0 Å². The van der Waals surface area contributed by atoms with E-state index in [-0.39, 0.29) is 19.1 Å². The largest absolute Gasteiger partial charge is 0.463 e. The average Bonchev–Trinajstić information content (AvgIpc) is 2.55. The molecule has 0 bridgehead atoms. The second-order valence-electron chi connectivity index (χ2n) is 6.96. The minimum absolute atomic E-state index is 0.237. The Morgan fingerprint density at radius 1 is 1.19 bits per heavy atom. The van der Waals surface area contributed by atoms with Crippen LogP contribution in [0.3, 0.4) is 0 Å². The number of hydrogen-bond donors (Lipinski definition) is 0. The number of halogens is 2. The molecule has 0 radical (unpaired) electrons. The molecule has 1 aliphatic rings. The average molecular weight is 400 g/mol. The maximum atomic E-state index is 12.4. The molecule has 0 fully saturated rings. The van der Waals surface area contributed by atoms with Gasteiger partial charge in [0.2, 0.25) is 0 Å². The fourth-order valence-corrected chi connectivity index (χ4v) is 2.94. The lowest BCUT2D eigenvalue weighted by Gasteiger charge is -2.32. The number of amides is 1. The Morgan fingerprint density at radius 2 is 1.88 bits per heavy atom. The molecule has 2 rings (SSSR count). The van der Waals surface area contributed by atoms with Crippen LogP contribution in [0, 0.1) is 0 Å². The summed E-state index contributed by atoms with van der Waals surface area (Å²) in [5.74, 6) is -0.377. The Morgan fingerprint density at radius 3 is 2.46 bits per heavy atom. The molecule has 1 aliphatic heterocycles. The van der Waals surface area contributed by atoms with Gasteiger partial charge in [0.15, 0.2) is 0 Å². The zero-order valence-corrected chi connectivity index (χ0v) is 16.9. The number of nitrogens with zero attached hydrogens (tertiary/aromatic N) is 1. The molecule has 26 heavy (non-hydrogen) atoms. The van der Waals surface area contributed by atoms with Gasteiger partial charge in [-0.2, -0.15) is 0 Å².